The lowest BCUT2D eigenvalue weighted by Gasteiger charge is -2.26. The van der Waals surface area contributed by atoms with Crippen LogP contribution in [-0.2, 0) is 11.3 Å². The van der Waals surface area contributed by atoms with Gasteiger partial charge in [0.25, 0.3) is 0 Å². The van der Waals surface area contributed by atoms with Gasteiger partial charge >= 0.3 is 0 Å². The molecule has 8 heteroatoms. The van der Waals surface area contributed by atoms with E-state index in [1.54, 1.807) is 24.3 Å². The van der Waals surface area contributed by atoms with E-state index in [4.69, 9.17) is 0 Å². The Morgan fingerprint density at radius 2 is 2.07 bits per heavy atom. The van der Waals surface area contributed by atoms with Crippen molar-refractivity contribution in [2.24, 2.45) is 10.9 Å². The molecule has 7 nitrogen and oxygen atoms in total. The fourth-order valence-corrected chi connectivity index (χ4v) is 3.98. The largest absolute Gasteiger partial charge is 0.507 e. The Bertz CT molecular complexity index is 1010. The molecule has 0 radical (unpaired) electrons. The molecule has 4 rings (SSSR count). The van der Waals surface area contributed by atoms with Crippen LogP contribution in [0.2, 0.25) is 0 Å². The molecule has 1 aromatic heterocycles. The zero-order valence-corrected chi connectivity index (χ0v) is 15.8. The number of aromatic nitrogens is 3. The molecule has 1 aliphatic heterocycles. The number of hydrogen-bond donors (Lipinski definition) is 2. The third kappa shape index (κ3) is 3.50. The maximum atomic E-state index is 12.3. The number of amidine groups is 1. The quantitative estimate of drug-likeness (QED) is 0.581. The molecule has 0 bridgehead atoms. The van der Waals surface area contributed by atoms with Crippen LogP contribution in [0.4, 0.5) is 0 Å². The van der Waals surface area contributed by atoms with Crippen LogP contribution in [-0.4, -0.2) is 43.4 Å². The summed E-state index contributed by atoms with van der Waals surface area (Å²) in [7, 11) is 0. The van der Waals surface area contributed by atoms with Gasteiger partial charge in [-0.1, -0.05) is 54.3 Å². The second-order valence-corrected chi connectivity index (χ2v) is 7.31. The molecule has 1 aliphatic carbocycles. The lowest BCUT2D eigenvalue weighted by Crippen LogP contribution is -2.45. The van der Waals surface area contributed by atoms with Gasteiger partial charge in [0.2, 0.25) is 5.91 Å². The average molecular weight is 393 g/mol. The molecule has 0 saturated carbocycles. The van der Waals surface area contributed by atoms with Crippen molar-refractivity contribution in [3.63, 3.8) is 0 Å². The molecule has 2 atom stereocenters. The minimum Gasteiger partial charge on any atom is -0.507 e. The van der Waals surface area contributed by atoms with E-state index in [1.165, 1.54) is 11.8 Å². The highest BCUT2D eigenvalue weighted by molar-refractivity contribution is 7.99. The van der Waals surface area contributed by atoms with Gasteiger partial charge in [-0.15, -0.1) is 16.8 Å². The van der Waals surface area contributed by atoms with E-state index >= 15 is 0 Å². The maximum absolute atomic E-state index is 12.3. The summed E-state index contributed by atoms with van der Waals surface area (Å²) in [6, 6.07) is 6.85. The number of para-hydroxylation sites is 1. The summed E-state index contributed by atoms with van der Waals surface area (Å²) in [4.78, 5) is 16.9. The number of benzene rings is 1. The second kappa shape index (κ2) is 7.85. The third-order valence-electron chi connectivity index (χ3n) is 4.49. The zero-order chi connectivity index (χ0) is 19.5. The molecule has 2 N–H and O–H groups in total. The van der Waals surface area contributed by atoms with Crippen LogP contribution >= 0.6 is 11.8 Å². The number of rotatable bonds is 6. The smallest absolute Gasteiger partial charge is 0.234 e. The minimum absolute atomic E-state index is 0.0429. The molecule has 2 heterocycles. The number of nitrogens with one attached hydrogen (secondary N) is 1. The van der Waals surface area contributed by atoms with E-state index in [-0.39, 0.29) is 23.6 Å². The number of carbonyl (C=O) groups is 1. The monoisotopic (exact) mass is 393 g/mol. The summed E-state index contributed by atoms with van der Waals surface area (Å²) in [6.07, 6.45) is 9.33. The highest BCUT2D eigenvalue weighted by Gasteiger charge is 2.30. The number of carbonyl (C=O) groups excluding carboxylic acids is 1. The number of hydrogen-bond acceptors (Lipinski definition) is 6. The number of phenols is 1. The van der Waals surface area contributed by atoms with Crippen LogP contribution in [0.3, 0.4) is 0 Å². The number of phenolic OH excluding ortho intramolecular Hbond substituents is 1. The van der Waals surface area contributed by atoms with Crippen LogP contribution in [0, 0.1) is 5.92 Å². The Labute approximate surface area is 166 Å². The number of amides is 1. The fraction of sp³-hybridized carbons (Fsp3) is 0.200. The molecule has 2 aliphatic rings. The summed E-state index contributed by atoms with van der Waals surface area (Å²) >= 11 is 1.43. The molecule has 0 fully saturated rings. The summed E-state index contributed by atoms with van der Waals surface area (Å²) in [5.41, 5.74) is 0.606. The van der Waals surface area contributed by atoms with Crippen molar-refractivity contribution in [2.75, 3.05) is 5.75 Å². The van der Waals surface area contributed by atoms with Gasteiger partial charge in [0.05, 0.1) is 23.3 Å². The summed E-state index contributed by atoms with van der Waals surface area (Å²) in [5, 5.41) is 22.2. The van der Waals surface area contributed by atoms with Crippen molar-refractivity contribution in [3.05, 3.63) is 61.2 Å². The molecule has 1 amide bonds. The summed E-state index contributed by atoms with van der Waals surface area (Å²) in [6.45, 7) is 4.29. The van der Waals surface area contributed by atoms with Gasteiger partial charge in [0.15, 0.2) is 11.0 Å². The Balaban J connectivity index is 1.56. The fourth-order valence-electron chi connectivity index (χ4n) is 3.16. The van der Waals surface area contributed by atoms with E-state index < -0.39 is 0 Å². The average Bonchev–Trinajstić information content (AvgIpc) is 3.09. The van der Waals surface area contributed by atoms with Gasteiger partial charge in [-0.05, 0) is 12.1 Å². The van der Waals surface area contributed by atoms with E-state index in [1.807, 2.05) is 34.9 Å². The molecule has 142 valence electrons. The normalized spacial score (nSPS) is 20.4. The van der Waals surface area contributed by atoms with E-state index in [2.05, 4.69) is 27.1 Å². The molecule has 0 saturated heterocycles. The van der Waals surface area contributed by atoms with Crippen LogP contribution in [0.15, 0.2) is 71.4 Å². The molecule has 0 spiro atoms. The second-order valence-electron chi connectivity index (χ2n) is 6.36. The topological polar surface area (TPSA) is 92.4 Å². The number of thioether (sulfide) groups is 1. The van der Waals surface area contributed by atoms with Gasteiger partial charge in [0, 0.05) is 6.54 Å². The van der Waals surface area contributed by atoms with E-state index in [0.717, 1.165) is 0 Å². The van der Waals surface area contributed by atoms with Gasteiger partial charge < -0.3 is 10.4 Å². The molecular weight excluding hydrogens is 374 g/mol. The highest BCUT2D eigenvalue weighted by Crippen LogP contribution is 2.30. The number of nitrogens with zero attached hydrogens (tertiary/aromatic N) is 4. The van der Waals surface area contributed by atoms with Crippen molar-refractivity contribution >= 4 is 23.5 Å². The molecule has 1 aromatic carbocycles. The van der Waals surface area contributed by atoms with Gasteiger partial charge in [-0.2, -0.15) is 0 Å². The number of allylic oxidation sites excluding steroid dienone is 3. The molecule has 0 unspecified atom stereocenters. The first kappa shape index (κ1) is 18.2. The zero-order valence-electron chi connectivity index (χ0n) is 15.0. The van der Waals surface area contributed by atoms with Gasteiger partial charge in [-0.3, -0.25) is 14.4 Å². The predicted molar refractivity (Wildman–Crippen MR) is 109 cm³/mol. The van der Waals surface area contributed by atoms with Crippen LogP contribution in [0.25, 0.3) is 11.4 Å². The first-order valence-electron chi connectivity index (χ1n) is 8.85. The highest BCUT2D eigenvalue weighted by atomic mass is 32.2. The lowest BCUT2D eigenvalue weighted by atomic mass is 9.93. The maximum Gasteiger partial charge on any atom is 0.234 e. The van der Waals surface area contributed by atoms with Crippen LogP contribution in [0.1, 0.15) is 0 Å². The molecule has 28 heavy (non-hydrogen) atoms. The van der Waals surface area contributed by atoms with Crippen molar-refractivity contribution in [1.82, 2.24) is 20.1 Å². The Hall–Kier alpha value is -3.13. The standard InChI is InChI=1S/C20H19N5O2S/c1-2-11-25-18(14-8-4-6-10-16(14)26)23-24-20(25)28-12-17-21-15-9-5-3-7-13(15)19(27)22-17/h2-10,13,15,26H,1,11-12H2,(H,21,22,27)/t13-,15+/m0/s1. The minimum atomic E-state index is -0.240. The summed E-state index contributed by atoms with van der Waals surface area (Å²) < 4.78 is 1.88. The van der Waals surface area contributed by atoms with Crippen molar-refractivity contribution < 1.29 is 9.90 Å². The van der Waals surface area contributed by atoms with Crippen LogP contribution in [0.5, 0.6) is 5.75 Å². The van der Waals surface area contributed by atoms with Crippen LogP contribution < -0.4 is 5.32 Å². The summed E-state index contributed by atoms with van der Waals surface area (Å²) in [5.74, 6) is 1.50. The van der Waals surface area contributed by atoms with E-state index in [9.17, 15) is 9.90 Å². The van der Waals surface area contributed by atoms with Gasteiger partial charge in [0.1, 0.15) is 11.6 Å². The molecular formula is C20H19N5O2S. The van der Waals surface area contributed by atoms with Crippen molar-refractivity contribution in [2.45, 2.75) is 17.7 Å². The number of aromatic hydroxyl groups is 1. The predicted octanol–water partition coefficient (Wildman–Crippen LogP) is 2.57. The van der Waals surface area contributed by atoms with E-state index in [0.29, 0.717) is 34.7 Å². The SMILES string of the molecule is C=CCn1c(SCC2=N[C@@H]3C=CC=C[C@@H]3C(=O)N2)nnc1-c1ccccc1O. The first-order chi connectivity index (χ1) is 13.7. The third-order valence-corrected chi connectivity index (χ3v) is 5.47. The van der Waals surface area contributed by atoms with Crippen molar-refractivity contribution in [3.8, 4) is 17.1 Å². The number of aliphatic imine (C=N–C) groups is 1. The number of fused-ring (bicyclic) bond motifs is 1. The Morgan fingerprint density at radius 1 is 1.25 bits per heavy atom. The first-order valence-corrected chi connectivity index (χ1v) is 9.83. The molecule has 2 aromatic rings. The Kier molecular flexibility index (Phi) is 5.12. The van der Waals surface area contributed by atoms with Crippen molar-refractivity contribution in [1.29, 1.82) is 0 Å². The Morgan fingerprint density at radius 3 is 2.89 bits per heavy atom. The van der Waals surface area contributed by atoms with Gasteiger partial charge in [-0.25, -0.2) is 0 Å². The lowest BCUT2D eigenvalue weighted by molar-refractivity contribution is -0.122.